The molecule has 0 aromatic carbocycles. The largest absolute Gasteiger partial charge is 0.356 e. The number of rotatable bonds is 5. The van der Waals surface area contributed by atoms with Crippen LogP contribution in [0.25, 0.3) is 0 Å². The average molecular weight is 361 g/mol. The molecule has 1 saturated heterocycles. The number of nitrogens with zero attached hydrogens (tertiary/aromatic N) is 4. The molecular weight excluding hydrogens is 332 g/mol. The Morgan fingerprint density at radius 2 is 2.28 bits per heavy atom. The van der Waals surface area contributed by atoms with Crippen LogP contribution < -0.4 is 10.6 Å². The third-order valence-electron chi connectivity index (χ3n) is 4.93. The number of piperidine rings is 1. The number of thiophene rings is 1. The number of likely N-dealkylation sites (tertiary alicyclic amines) is 1. The second kappa shape index (κ2) is 8.49. The summed E-state index contributed by atoms with van der Waals surface area (Å²) in [7, 11) is 6.06. The number of nitrogens with one attached hydrogen (secondary N) is 2. The predicted molar refractivity (Wildman–Crippen MR) is 104 cm³/mol. The number of hydrogen-bond donors (Lipinski definition) is 2. The standard InChI is InChI=1S/C18H28N6S/c1-19-18(22-13-16-20-8-10-23(16)2)21-12-14-6-4-9-24(3)17(14)15-7-5-11-25-15/h5,7-8,10-11,14,17H,4,6,9,12-13H2,1-3H3,(H2,19,21,22). The normalized spacial score (nSPS) is 22.1. The van der Waals surface area contributed by atoms with Gasteiger partial charge < -0.3 is 15.2 Å². The molecule has 0 amide bonds. The molecule has 3 heterocycles. The Labute approximate surface area is 154 Å². The summed E-state index contributed by atoms with van der Waals surface area (Å²) in [6.07, 6.45) is 6.27. The highest BCUT2D eigenvalue weighted by Gasteiger charge is 2.31. The van der Waals surface area contributed by atoms with Gasteiger partial charge in [-0.15, -0.1) is 11.3 Å². The Kier molecular flexibility index (Phi) is 6.09. The van der Waals surface area contributed by atoms with Gasteiger partial charge in [0.2, 0.25) is 0 Å². The first-order valence-electron chi connectivity index (χ1n) is 8.83. The zero-order valence-electron chi connectivity index (χ0n) is 15.3. The maximum absolute atomic E-state index is 4.35. The third kappa shape index (κ3) is 4.41. The summed E-state index contributed by atoms with van der Waals surface area (Å²) in [6.45, 7) is 2.76. The lowest BCUT2D eigenvalue weighted by Crippen LogP contribution is -2.44. The molecule has 2 atom stereocenters. The fourth-order valence-electron chi connectivity index (χ4n) is 3.56. The molecule has 2 unspecified atom stereocenters. The molecule has 7 heteroatoms. The minimum absolute atomic E-state index is 0.494. The van der Waals surface area contributed by atoms with Crippen LogP contribution in [0.2, 0.25) is 0 Å². The quantitative estimate of drug-likeness (QED) is 0.634. The van der Waals surface area contributed by atoms with Crippen LogP contribution in [0.4, 0.5) is 0 Å². The zero-order chi connectivity index (χ0) is 17.6. The summed E-state index contributed by atoms with van der Waals surface area (Å²) < 4.78 is 2.02. The predicted octanol–water partition coefficient (Wildman–Crippen LogP) is 2.23. The van der Waals surface area contributed by atoms with Gasteiger partial charge in [0.1, 0.15) is 5.82 Å². The van der Waals surface area contributed by atoms with Gasteiger partial charge in [0.15, 0.2) is 5.96 Å². The van der Waals surface area contributed by atoms with Crippen molar-refractivity contribution in [3.63, 3.8) is 0 Å². The monoisotopic (exact) mass is 360 g/mol. The van der Waals surface area contributed by atoms with Gasteiger partial charge >= 0.3 is 0 Å². The Bertz CT molecular complexity index is 678. The van der Waals surface area contributed by atoms with Crippen LogP contribution in [0.3, 0.4) is 0 Å². The molecule has 136 valence electrons. The lowest BCUT2D eigenvalue weighted by Gasteiger charge is -2.39. The summed E-state index contributed by atoms with van der Waals surface area (Å²) in [4.78, 5) is 12.6. The minimum atomic E-state index is 0.494. The Morgan fingerprint density at radius 3 is 2.96 bits per heavy atom. The Balaban J connectivity index is 1.57. The topological polar surface area (TPSA) is 57.5 Å². The molecule has 2 aromatic heterocycles. The number of aryl methyl sites for hydroxylation is 1. The SMILES string of the molecule is CN=C(NCc1nccn1C)NCC1CCCN(C)C1c1cccs1. The van der Waals surface area contributed by atoms with Crippen molar-refractivity contribution in [1.82, 2.24) is 25.1 Å². The van der Waals surface area contributed by atoms with Crippen molar-refractivity contribution in [3.8, 4) is 0 Å². The van der Waals surface area contributed by atoms with Crippen LogP contribution in [-0.4, -0.2) is 47.6 Å². The summed E-state index contributed by atoms with van der Waals surface area (Å²) in [5, 5.41) is 9.05. The van der Waals surface area contributed by atoms with Crippen molar-refractivity contribution in [3.05, 3.63) is 40.6 Å². The van der Waals surface area contributed by atoms with Gasteiger partial charge in [-0.1, -0.05) is 6.07 Å². The summed E-state index contributed by atoms with van der Waals surface area (Å²) in [6, 6.07) is 4.91. The zero-order valence-corrected chi connectivity index (χ0v) is 16.1. The maximum atomic E-state index is 4.35. The molecule has 2 aromatic rings. The lowest BCUT2D eigenvalue weighted by molar-refractivity contribution is 0.125. The van der Waals surface area contributed by atoms with Crippen LogP contribution in [-0.2, 0) is 13.6 Å². The van der Waals surface area contributed by atoms with Crippen molar-refractivity contribution < 1.29 is 0 Å². The van der Waals surface area contributed by atoms with Crippen LogP contribution >= 0.6 is 11.3 Å². The number of aromatic nitrogens is 2. The molecule has 0 spiro atoms. The highest BCUT2D eigenvalue weighted by molar-refractivity contribution is 7.10. The molecule has 2 N–H and O–H groups in total. The van der Waals surface area contributed by atoms with E-state index < -0.39 is 0 Å². The highest BCUT2D eigenvalue weighted by atomic mass is 32.1. The molecule has 3 rings (SSSR count). The summed E-state index contributed by atoms with van der Waals surface area (Å²) >= 11 is 1.86. The van der Waals surface area contributed by atoms with E-state index in [9.17, 15) is 0 Å². The second-order valence-electron chi connectivity index (χ2n) is 6.60. The van der Waals surface area contributed by atoms with Crippen LogP contribution in [0.1, 0.15) is 29.6 Å². The molecule has 0 aliphatic carbocycles. The summed E-state index contributed by atoms with van der Waals surface area (Å²) in [5.41, 5.74) is 0. The summed E-state index contributed by atoms with van der Waals surface area (Å²) in [5.74, 6) is 2.42. The molecule has 25 heavy (non-hydrogen) atoms. The van der Waals surface area contributed by atoms with Gasteiger partial charge in [-0.2, -0.15) is 0 Å². The van der Waals surface area contributed by atoms with Crippen LogP contribution in [0, 0.1) is 5.92 Å². The van der Waals surface area contributed by atoms with Crippen molar-refractivity contribution in [2.24, 2.45) is 18.0 Å². The third-order valence-corrected chi connectivity index (χ3v) is 5.87. The number of hydrogen-bond acceptors (Lipinski definition) is 4. The van der Waals surface area contributed by atoms with Gasteiger partial charge in [-0.25, -0.2) is 4.98 Å². The molecule has 0 radical (unpaired) electrons. The van der Waals surface area contributed by atoms with Gasteiger partial charge in [0, 0.05) is 44.0 Å². The van der Waals surface area contributed by atoms with E-state index in [-0.39, 0.29) is 0 Å². The molecule has 6 nitrogen and oxygen atoms in total. The number of imidazole rings is 1. The van der Waals surface area contributed by atoms with E-state index in [4.69, 9.17) is 0 Å². The van der Waals surface area contributed by atoms with E-state index in [0.717, 1.165) is 18.3 Å². The van der Waals surface area contributed by atoms with Crippen molar-refractivity contribution in [1.29, 1.82) is 0 Å². The Morgan fingerprint density at radius 1 is 1.40 bits per heavy atom. The lowest BCUT2D eigenvalue weighted by atomic mass is 9.88. The van der Waals surface area contributed by atoms with Crippen molar-refractivity contribution in [2.45, 2.75) is 25.4 Å². The molecule has 1 fully saturated rings. The molecule has 1 aliphatic rings. The Hall–Kier alpha value is -1.86. The first-order chi connectivity index (χ1) is 12.2. The molecule has 0 saturated carbocycles. The first kappa shape index (κ1) is 17.9. The smallest absolute Gasteiger partial charge is 0.191 e. The van der Waals surface area contributed by atoms with Crippen molar-refractivity contribution >= 4 is 17.3 Å². The second-order valence-corrected chi connectivity index (χ2v) is 7.58. The van der Waals surface area contributed by atoms with E-state index >= 15 is 0 Å². The van der Waals surface area contributed by atoms with Gasteiger partial charge in [0.25, 0.3) is 0 Å². The van der Waals surface area contributed by atoms with Crippen molar-refractivity contribution in [2.75, 3.05) is 27.2 Å². The van der Waals surface area contributed by atoms with Gasteiger partial charge in [-0.3, -0.25) is 9.89 Å². The van der Waals surface area contributed by atoms with E-state index in [2.05, 4.69) is 50.1 Å². The van der Waals surface area contributed by atoms with Gasteiger partial charge in [0.05, 0.1) is 6.54 Å². The molecule has 0 bridgehead atoms. The fourth-order valence-corrected chi connectivity index (χ4v) is 4.54. The van der Waals surface area contributed by atoms with E-state index in [1.54, 1.807) is 0 Å². The number of guanidine groups is 1. The van der Waals surface area contributed by atoms with E-state index in [1.807, 2.05) is 42.4 Å². The van der Waals surface area contributed by atoms with E-state index in [0.29, 0.717) is 18.5 Å². The first-order valence-corrected chi connectivity index (χ1v) is 9.71. The highest BCUT2D eigenvalue weighted by Crippen LogP contribution is 2.36. The van der Waals surface area contributed by atoms with Crippen LogP contribution in [0.15, 0.2) is 34.9 Å². The van der Waals surface area contributed by atoms with Gasteiger partial charge in [-0.05, 0) is 43.8 Å². The molecule has 1 aliphatic heterocycles. The fraction of sp³-hybridized carbons (Fsp3) is 0.556. The maximum Gasteiger partial charge on any atom is 0.191 e. The molecular formula is C18H28N6S. The average Bonchev–Trinajstić information content (AvgIpc) is 3.27. The number of aliphatic imine (C=N–C) groups is 1. The van der Waals surface area contributed by atoms with E-state index in [1.165, 1.54) is 24.3 Å². The minimum Gasteiger partial charge on any atom is -0.356 e. The van der Waals surface area contributed by atoms with Crippen LogP contribution in [0.5, 0.6) is 0 Å².